The molecular formula is C16H16F2N6O. The monoisotopic (exact) mass is 346 g/mol. The molecule has 7 nitrogen and oxygen atoms in total. The number of H-pyrrole nitrogens is 1. The average Bonchev–Trinajstić information content (AvgIpc) is 2.94. The molecule has 1 N–H and O–H groups in total. The van der Waals surface area contributed by atoms with Crippen LogP contribution in [0.25, 0.3) is 10.9 Å². The standard InChI is InChI=1S/C16H16F2N6O/c1-9-21-16(25)24(22-9)10-2-4-23(5-3-10)15-11-6-12(17)13(18)7-14(11)19-8-20-15/h6-8,10H,2-5H2,1H3,(H,21,22,25). The maximum atomic E-state index is 13.6. The molecule has 1 fully saturated rings. The van der Waals surface area contributed by atoms with Crippen LogP contribution in [-0.4, -0.2) is 37.8 Å². The van der Waals surface area contributed by atoms with Gasteiger partial charge in [-0.2, -0.15) is 5.10 Å². The molecule has 1 aromatic carbocycles. The third kappa shape index (κ3) is 2.75. The number of hydrogen-bond acceptors (Lipinski definition) is 5. The molecule has 0 saturated carbocycles. The van der Waals surface area contributed by atoms with Crippen LogP contribution in [0.2, 0.25) is 0 Å². The van der Waals surface area contributed by atoms with Crippen molar-refractivity contribution in [1.29, 1.82) is 0 Å². The first kappa shape index (κ1) is 15.7. The third-order valence-electron chi connectivity index (χ3n) is 4.52. The molecule has 2 aromatic heterocycles. The third-order valence-corrected chi connectivity index (χ3v) is 4.52. The number of rotatable bonds is 2. The maximum absolute atomic E-state index is 13.6. The zero-order valence-corrected chi connectivity index (χ0v) is 13.5. The maximum Gasteiger partial charge on any atom is 0.343 e. The van der Waals surface area contributed by atoms with Crippen molar-refractivity contribution in [2.24, 2.45) is 0 Å². The summed E-state index contributed by atoms with van der Waals surface area (Å²) >= 11 is 0. The van der Waals surface area contributed by atoms with Crippen LogP contribution in [0.1, 0.15) is 24.7 Å². The van der Waals surface area contributed by atoms with Gasteiger partial charge in [-0.3, -0.25) is 4.98 Å². The van der Waals surface area contributed by atoms with Gasteiger partial charge in [-0.15, -0.1) is 0 Å². The molecular weight excluding hydrogens is 330 g/mol. The van der Waals surface area contributed by atoms with Crippen molar-refractivity contribution in [3.63, 3.8) is 0 Å². The molecule has 1 aliphatic rings. The van der Waals surface area contributed by atoms with E-state index in [4.69, 9.17) is 0 Å². The molecule has 1 aliphatic heterocycles. The molecule has 25 heavy (non-hydrogen) atoms. The molecule has 3 aromatic rings. The first-order valence-corrected chi connectivity index (χ1v) is 8.03. The van der Waals surface area contributed by atoms with Crippen LogP contribution in [0, 0.1) is 18.6 Å². The zero-order valence-electron chi connectivity index (χ0n) is 13.5. The summed E-state index contributed by atoms with van der Waals surface area (Å²) in [6.45, 7) is 3.01. The molecule has 3 heterocycles. The molecule has 4 rings (SSSR count). The number of aryl methyl sites for hydroxylation is 1. The second kappa shape index (κ2) is 5.91. The SMILES string of the molecule is Cc1nn(C2CCN(c3ncnc4cc(F)c(F)cc34)CC2)c(=O)[nH]1. The number of halogens is 2. The van der Waals surface area contributed by atoms with E-state index >= 15 is 0 Å². The number of benzene rings is 1. The van der Waals surface area contributed by atoms with E-state index < -0.39 is 11.6 Å². The summed E-state index contributed by atoms with van der Waals surface area (Å²) in [7, 11) is 0. The van der Waals surface area contributed by atoms with E-state index in [-0.39, 0.29) is 11.7 Å². The summed E-state index contributed by atoms with van der Waals surface area (Å²) in [5.74, 6) is -0.680. The Kier molecular flexibility index (Phi) is 3.70. The number of nitrogens with one attached hydrogen (secondary N) is 1. The van der Waals surface area contributed by atoms with Crippen molar-refractivity contribution in [2.45, 2.75) is 25.8 Å². The Morgan fingerprint density at radius 3 is 2.56 bits per heavy atom. The fraction of sp³-hybridized carbons (Fsp3) is 0.375. The highest BCUT2D eigenvalue weighted by Gasteiger charge is 2.25. The minimum absolute atomic E-state index is 0.0102. The first-order chi connectivity index (χ1) is 12.0. The zero-order chi connectivity index (χ0) is 17.6. The Labute approximate surface area is 141 Å². The summed E-state index contributed by atoms with van der Waals surface area (Å²) in [6, 6.07) is 2.22. The Balaban J connectivity index is 1.61. The number of anilines is 1. The lowest BCUT2D eigenvalue weighted by atomic mass is 10.0. The molecule has 9 heteroatoms. The van der Waals surface area contributed by atoms with Crippen molar-refractivity contribution in [3.8, 4) is 0 Å². The van der Waals surface area contributed by atoms with Crippen molar-refractivity contribution in [3.05, 3.63) is 46.4 Å². The highest BCUT2D eigenvalue weighted by molar-refractivity contribution is 5.89. The highest BCUT2D eigenvalue weighted by Crippen LogP contribution is 2.29. The normalized spacial score (nSPS) is 15.9. The second-order valence-corrected chi connectivity index (χ2v) is 6.16. The smallest absolute Gasteiger partial charge is 0.343 e. The molecule has 0 amide bonds. The Hall–Kier alpha value is -2.84. The summed E-state index contributed by atoms with van der Waals surface area (Å²) < 4.78 is 28.5. The minimum Gasteiger partial charge on any atom is -0.356 e. The number of nitrogens with zero attached hydrogens (tertiary/aromatic N) is 5. The van der Waals surface area contributed by atoms with Crippen molar-refractivity contribution < 1.29 is 8.78 Å². The van der Waals surface area contributed by atoms with Gasteiger partial charge in [-0.25, -0.2) is 28.2 Å². The Bertz CT molecular complexity index is 990. The highest BCUT2D eigenvalue weighted by atomic mass is 19.2. The van der Waals surface area contributed by atoms with Crippen LogP contribution in [-0.2, 0) is 0 Å². The summed E-state index contributed by atoms with van der Waals surface area (Å²) in [4.78, 5) is 24.8. The molecule has 130 valence electrons. The van der Waals surface area contributed by atoms with Gasteiger partial charge >= 0.3 is 5.69 Å². The predicted molar refractivity (Wildman–Crippen MR) is 87.5 cm³/mol. The van der Waals surface area contributed by atoms with Gasteiger partial charge in [0.2, 0.25) is 0 Å². The van der Waals surface area contributed by atoms with Crippen LogP contribution in [0.3, 0.4) is 0 Å². The van der Waals surface area contributed by atoms with Gasteiger partial charge in [0.15, 0.2) is 11.6 Å². The van der Waals surface area contributed by atoms with E-state index in [2.05, 4.69) is 20.1 Å². The Morgan fingerprint density at radius 2 is 1.88 bits per heavy atom. The lowest BCUT2D eigenvalue weighted by molar-refractivity contribution is 0.356. The van der Waals surface area contributed by atoms with E-state index in [1.54, 1.807) is 6.92 Å². The molecule has 1 saturated heterocycles. The largest absolute Gasteiger partial charge is 0.356 e. The molecule has 0 unspecified atom stereocenters. The van der Waals surface area contributed by atoms with Crippen LogP contribution < -0.4 is 10.6 Å². The number of aromatic nitrogens is 5. The second-order valence-electron chi connectivity index (χ2n) is 6.16. The van der Waals surface area contributed by atoms with E-state index in [1.807, 2.05) is 4.90 Å². The number of fused-ring (bicyclic) bond motifs is 1. The summed E-state index contributed by atoms with van der Waals surface area (Å²) in [5, 5.41) is 4.70. The predicted octanol–water partition coefficient (Wildman–Crippen LogP) is 1.94. The van der Waals surface area contributed by atoms with Gasteiger partial charge in [0.05, 0.1) is 11.6 Å². The van der Waals surface area contributed by atoms with Gasteiger partial charge in [0, 0.05) is 24.5 Å². The average molecular weight is 346 g/mol. The molecule has 0 bridgehead atoms. The van der Waals surface area contributed by atoms with Crippen LogP contribution in [0.4, 0.5) is 14.6 Å². The fourth-order valence-corrected chi connectivity index (χ4v) is 3.30. The molecule has 0 aliphatic carbocycles. The van der Waals surface area contributed by atoms with E-state index in [1.165, 1.54) is 11.0 Å². The van der Waals surface area contributed by atoms with Crippen LogP contribution in [0.15, 0.2) is 23.3 Å². The number of piperidine rings is 1. The Morgan fingerprint density at radius 1 is 1.16 bits per heavy atom. The van der Waals surface area contributed by atoms with Gasteiger partial charge in [0.1, 0.15) is 18.0 Å². The molecule has 0 spiro atoms. The minimum atomic E-state index is -0.927. The summed E-state index contributed by atoms with van der Waals surface area (Å²) in [5.41, 5.74) is 0.158. The molecule has 0 radical (unpaired) electrons. The lowest BCUT2D eigenvalue weighted by Crippen LogP contribution is -2.38. The summed E-state index contributed by atoms with van der Waals surface area (Å²) in [6.07, 6.45) is 2.77. The quantitative estimate of drug-likeness (QED) is 0.767. The number of aromatic amines is 1. The van der Waals surface area contributed by atoms with Crippen molar-refractivity contribution in [2.75, 3.05) is 18.0 Å². The molecule has 0 atom stereocenters. The van der Waals surface area contributed by atoms with E-state index in [0.29, 0.717) is 48.5 Å². The van der Waals surface area contributed by atoms with E-state index in [9.17, 15) is 13.6 Å². The van der Waals surface area contributed by atoms with Crippen LogP contribution in [0.5, 0.6) is 0 Å². The van der Waals surface area contributed by atoms with Crippen LogP contribution >= 0.6 is 0 Å². The van der Waals surface area contributed by atoms with Gasteiger partial charge in [-0.1, -0.05) is 0 Å². The lowest BCUT2D eigenvalue weighted by Gasteiger charge is -2.32. The van der Waals surface area contributed by atoms with Gasteiger partial charge in [-0.05, 0) is 25.8 Å². The van der Waals surface area contributed by atoms with E-state index in [0.717, 1.165) is 12.1 Å². The fourth-order valence-electron chi connectivity index (χ4n) is 3.30. The van der Waals surface area contributed by atoms with Gasteiger partial charge in [0.25, 0.3) is 0 Å². The van der Waals surface area contributed by atoms with Gasteiger partial charge < -0.3 is 4.90 Å². The van der Waals surface area contributed by atoms with Crippen molar-refractivity contribution >= 4 is 16.7 Å². The first-order valence-electron chi connectivity index (χ1n) is 8.03. The topological polar surface area (TPSA) is 79.7 Å². The van der Waals surface area contributed by atoms with Crippen molar-refractivity contribution in [1.82, 2.24) is 24.7 Å². The number of hydrogen-bond donors (Lipinski definition) is 1.